The molecule has 1 heterocycles. The van der Waals surface area contributed by atoms with Gasteiger partial charge in [-0.3, -0.25) is 0 Å². The molecular formula is C17H16BrFO2. The van der Waals surface area contributed by atoms with E-state index in [-0.39, 0.29) is 10.6 Å². The normalized spacial score (nSPS) is 15.4. The Hall–Kier alpha value is -1.55. The van der Waals surface area contributed by atoms with E-state index < -0.39 is 0 Å². The summed E-state index contributed by atoms with van der Waals surface area (Å²) in [6.45, 7) is 3.31. The molecule has 1 unspecified atom stereocenters. The predicted molar refractivity (Wildman–Crippen MR) is 84.0 cm³/mol. The van der Waals surface area contributed by atoms with Crippen LogP contribution in [0.3, 0.4) is 0 Å². The van der Waals surface area contributed by atoms with Gasteiger partial charge < -0.3 is 9.47 Å². The van der Waals surface area contributed by atoms with E-state index in [1.54, 1.807) is 12.1 Å². The lowest BCUT2D eigenvalue weighted by Crippen LogP contribution is -1.99. The fourth-order valence-electron chi connectivity index (χ4n) is 2.40. The monoisotopic (exact) mass is 350 g/mol. The number of ether oxygens (including phenoxy) is 2. The van der Waals surface area contributed by atoms with Gasteiger partial charge in [0.05, 0.1) is 18.0 Å². The highest BCUT2D eigenvalue weighted by Gasteiger charge is 2.17. The van der Waals surface area contributed by atoms with Crippen LogP contribution >= 0.6 is 15.9 Å². The van der Waals surface area contributed by atoms with Crippen molar-refractivity contribution < 1.29 is 13.9 Å². The molecule has 1 aliphatic rings. The molecule has 4 heteroatoms. The zero-order valence-corrected chi connectivity index (χ0v) is 13.3. The van der Waals surface area contributed by atoms with Crippen LogP contribution in [0.2, 0.25) is 0 Å². The zero-order valence-electron chi connectivity index (χ0n) is 11.7. The van der Waals surface area contributed by atoms with Crippen molar-refractivity contribution in [3.8, 4) is 11.5 Å². The molecule has 0 saturated carbocycles. The summed E-state index contributed by atoms with van der Waals surface area (Å²) < 4.78 is 24.8. The second kappa shape index (κ2) is 6.06. The van der Waals surface area contributed by atoms with Crippen molar-refractivity contribution in [2.45, 2.75) is 18.2 Å². The number of alkyl halides is 1. The van der Waals surface area contributed by atoms with E-state index in [0.29, 0.717) is 13.2 Å². The molecule has 21 heavy (non-hydrogen) atoms. The first kappa shape index (κ1) is 14.4. The quantitative estimate of drug-likeness (QED) is 0.725. The molecule has 3 rings (SSSR count). The third kappa shape index (κ3) is 3.05. The van der Waals surface area contributed by atoms with Gasteiger partial charge in [-0.1, -0.05) is 28.1 Å². The van der Waals surface area contributed by atoms with Crippen molar-refractivity contribution in [1.29, 1.82) is 0 Å². The SMILES string of the molecule is Cc1ccc(F)cc1C(Br)c1ccc2c(c1)OCCCO2. The van der Waals surface area contributed by atoms with Crippen molar-refractivity contribution in [3.63, 3.8) is 0 Å². The fraction of sp³-hybridized carbons (Fsp3) is 0.294. The van der Waals surface area contributed by atoms with Crippen LogP contribution in [0.15, 0.2) is 36.4 Å². The van der Waals surface area contributed by atoms with Gasteiger partial charge in [-0.05, 0) is 47.9 Å². The summed E-state index contributed by atoms with van der Waals surface area (Å²) in [5.41, 5.74) is 2.99. The van der Waals surface area contributed by atoms with Crippen molar-refractivity contribution >= 4 is 15.9 Å². The van der Waals surface area contributed by atoms with Gasteiger partial charge in [-0.25, -0.2) is 4.39 Å². The highest BCUT2D eigenvalue weighted by Crippen LogP contribution is 2.38. The second-order valence-corrected chi connectivity index (χ2v) is 6.04. The molecule has 0 fully saturated rings. The Kier molecular flexibility index (Phi) is 4.15. The molecule has 0 N–H and O–H groups in total. The Labute approximate surface area is 132 Å². The lowest BCUT2D eigenvalue weighted by atomic mass is 10.00. The third-order valence-electron chi connectivity index (χ3n) is 3.58. The smallest absolute Gasteiger partial charge is 0.161 e. The summed E-state index contributed by atoms with van der Waals surface area (Å²) in [6, 6.07) is 10.7. The molecule has 110 valence electrons. The van der Waals surface area contributed by atoms with Gasteiger partial charge >= 0.3 is 0 Å². The van der Waals surface area contributed by atoms with Gasteiger partial charge in [0.2, 0.25) is 0 Å². The molecule has 0 aromatic heterocycles. The maximum atomic E-state index is 13.5. The van der Waals surface area contributed by atoms with Gasteiger partial charge in [0.25, 0.3) is 0 Å². The minimum Gasteiger partial charge on any atom is -0.490 e. The van der Waals surface area contributed by atoms with Crippen LogP contribution in [0.25, 0.3) is 0 Å². The van der Waals surface area contributed by atoms with Crippen LogP contribution in [0.5, 0.6) is 11.5 Å². The molecule has 0 saturated heterocycles. The van der Waals surface area contributed by atoms with Crippen LogP contribution in [-0.4, -0.2) is 13.2 Å². The van der Waals surface area contributed by atoms with Crippen LogP contribution in [0.1, 0.15) is 27.9 Å². The molecule has 2 aromatic carbocycles. The fourth-order valence-corrected chi connectivity index (χ4v) is 3.18. The molecule has 1 aliphatic heterocycles. The Bertz CT molecular complexity index is 657. The highest BCUT2D eigenvalue weighted by atomic mass is 79.9. The standard InChI is InChI=1S/C17H16BrFO2/c1-11-3-5-13(19)10-14(11)17(18)12-4-6-15-16(9-12)21-8-2-7-20-15/h3-6,9-10,17H,2,7-8H2,1H3. The van der Waals surface area contributed by atoms with Crippen molar-refractivity contribution in [2.75, 3.05) is 13.2 Å². The van der Waals surface area contributed by atoms with E-state index in [2.05, 4.69) is 15.9 Å². The number of hydrogen-bond donors (Lipinski definition) is 0. The van der Waals surface area contributed by atoms with Crippen LogP contribution in [0, 0.1) is 12.7 Å². The van der Waals surface area contributed by atoms with E-state index in [0.717, 1.165) is 34.6 Å². The summed E-state index contributed by atoms with van der Waals surface area (Å²) in [5.74, 6) is 1.30. The zero-order chi connectivity index (χ0) is 14.8. The number of benzene rings is 2. The first-order valence-corrected chi connectivity index (χ1v) is 7.86. The van der Waals surface area contributed by atoms with E-state index in [1.165, 1.54) is 6.07 Å². The maximum Gasteiger partial charge on any atom is 0.161 e. The predicted octanol–water partition coefficient (Wildman–Crippen LogP) is 4.78. The molecule has 0 amide bonds. The first-order chi connectivity index (χ1) is 10.1. The third-order valence-corrected chi connectivity index (χ3v) is 4.60. The minimum absolute atomic E-state index is 0.0784. The van der Waals surface area contributed by atoms with Crippen molar-refractivity contribution in [1.82, 2.24) is 0 Å². The average Bonchev–Trinajstić information content (AvgIpc) is 2.73. The molecule has 0 spiro atoms. The van der Waals surface area contributed by atoms with Crippen molar-refractivity contribution in [3.05, 3.63) is 58.9 Å². The van der Waals surface area contributed by atoms with Gasteiger partial charge in [0, 0.05) is 6.42 Å². The Morgan fingerprint density at radius 1 is 1.05 bits per heavy atom. The summed E-state index contributed by atoms with van der Waals surface area (Å²) in [4.78, 5) is -0.0784. The number of halogens is 2. The molecule has 1 atom stereocenters. The Morgan fingerprint density at radius 3 is 2.62 bits per heavy atom. The number of hydrogen-bond acceptors (Lipinski definition) is 2. The highest BCUT2D eigenvalue weighted by molar-refractivity contribution is 9.09. The largest absolute Gasteiger partial charge is 0.490 e. The Balaban J connectivity index is 1.96. The lowest BCUT2D eigenvalue weighted by molar-refractivity contribution is 0.297. The summed E-state index contributed by atoms with van der Waals surface area (Å²) in [6.07, 6.45) is 0.880. The summed E-state index contributed by atoms with van der Waals surface area (Å²) >= 11 is 3.66. The first-order valence-electron chi connectivity index (χ1n) is 6.95. The Morgan fingerprint density at radius 2 is 1.81 bits per heavy atom. The lowest BCUT2D eigenvalue weighted by Gasteiger charge is -2.16. The average molecular weight is 351 g/mol. The van der Waals surface area contributed by atoms with Crippen molar-refractivity contribution in [2.24, 2.45) is 0 Å². The van der Waals surface area contributed by atoms with Crippen LogP contribution in [0.4, 0.5) is 4.39 Å². The van der Waals surface area contributed by atoms with Gasteiger partial charge in [0.1, 0.15) is 5.82 Å². The van der Waals surface area contributed by atoms with Crippen LogP contribution in [-0.2, 0) is 0 Å². The summed E-state index contributed by atoms with van der Waals surface area (Å²) in [7, 11) is 0. The van der Waals surface area contributed by atoms with Crippen LogP contribution < -0.4 is 9.47 Å². The topological polar surface area (TPSA) is 18.5 Å². The number of aryl methyl sites for hydroxylation is 1. The van der Waals surface area contributed by atoms with E-state index >= 15 is 0 Å². The van der Waals surface area contributed by atoms with E-state index in [9.17, 15) is 4.39 Å². The molecular weight excluding hydrogens is 335 g/mol. The molecule has 2 aromatic rings. The van der Waals surface area contributed by atoms with Gasteiger partial charge in [0.15, 0.2) is 11.5 Å². The van der Waals surface area contributed by atoms with Gasteiger partial charge in [-0.15, -0.1) is 0 Å². The molecule has 0 radical (unpaired) electrons. The molecule has 0 aliphatic carbocycles. The molecule has 0 bridgehead atoms. The molecule has 2 nitrogen and oxygen atoms in total. The van der Waals surface area contributed by atoms with E-state index in [4.69, 9.17) is 9.47 Å². The number of rotatable bonds is 2. The maximum absolute atomic E-state index is 13.5. The number of fused-ring (bicyclic) bond motifs is 1. The van der Waals surface area contributed by atoms with Gasteiger partial charge in [-0.2, -0.15) is 0 Å². The van der Waals surface area contributed by atoms with E-state index in [1.807, 2.05) is 25.1 Å². The second-order valence-electron chi connectivity index (χ2n) is 5.12. The summed E-state index contributed by atoms with van der Waals surface area (Å²) in [5, 5.41) is 0. The minimum atomic E-state index is -0.227.